The van der Waals surface area contributed by atoms with E-state index < -0.39 is 0 Å². The molecule has 0 unspecified atom stereocenters. The van der Waals surface area contributed by atoms with Gasteiger partial charge < -0.3 is 20.1 Å². The van der Waals surface area contributed by atoms with Crippen molar-refractivity contribution in [1.82, 2.24) is 10.6 Å². The Morgan fingerprint density at radius 3 is 2.32 bits per heavy atom. The average molecular weight is 329 g/mol. The Balaban J connectivity index is 0.00000242. The summed E-state index contributed by atoms with van der Waals surface area (Å²) in [5, 5.41) is 6.40. The molecule has 1 saturated heterocycles. The number of piperidine rings is 1. The minimum absolute atomic E-state index is 0. The van der Waals surface area contributed by atoms with Crippen molar-refractivity contribution < 1.29 is 14.3 Å². The number of carbonyl (C=O) groups is 1. The van der Waals surface area contributed by atoms with Gasteiger partial charge in [0.1, 0.15) is 11.5 Å². The van der Waals surface area contributed by atoms with Gasteiger partial charge in [0.25, 0.3) is 0 Å². The van der Waals surface area contributed by atoms with Crippen LogP contribution in [-0.4, -0.2) is 39.3 Å². The molecule has 1 amide bonds. The van der Waals surface area contributed by atoms with E-state index >= 15 is 0 Å². The smallest absolute Gasteiger partial charge is 0.220 e. The van der Waals surface area contributed by atoms with Crippen LogP contribution in [0.4, 0.5) is 0 Å². The Kier molecular flexibility index (Phi) is 8.06. The number of nitrogens with one attached hydrogen (secondary N) is 2. The first-order chi connectivity index (χ1) is 10.2. The van der Waals surface area contributed by atoms with Crippen LogP contribution in [0.5, 0.6) is 11.5 Å². The van der Waals surface area contributed by atoms with Gasteiger partial charge in [0.2, 0.25) is 5.91 Å². The maximum Gasteiger partial charge on any atom is 0.220 e. The van der Waals surface area contributed by atoms with Crippen molar-refractivity contribution in [2.45, 2.75) is 31.7 Å². The summed E-state index contributed by atoms with van der Waals surface area (Å²) >= 11 is 0. The summed E-state index contributed by atoms with van der Waals surface area (Å²) in [5.41, 5.74) is 1.05. The second kappa shape index (κ2) is 9.54. The summed E-state index contributed by atoms with van der Waals surface area (Å²) < 4.78 is 10.5. The maximum atomic E-state index is 12.0. The number of ether oxygens (including phenoxy) is 2. The van der Waals surface area contributed by atoms with E-state index in [4.69, 9.17) is 9.47 Å². The van der Waals surface area contributed by atoms with E-state index in [0.717, 1.165) is 43.0 Å². The normalized spacial score (nSPS) is 14.8. The number of rotatable bonds is 6. The monoisotopic (exact) mass is 328 g/mol. The lowest BCUT2D eigenvalue weighted by Gasteiger charge is -2.23. The van der Waals surface area contributed by atoms with Crippen molar-refractivity contribution in [3.63, 3.8) is 0 Å². The molecule has 0 aromatic heterocycles. The molecule has 2 rings (SSSR count). The molecule has 0 atom stereocenters. The molecular formula is C16H25ClN2O3. The quantitative estimate of drug-likeness (QED) is 0.837. The first-order valence-electron chi connectivity index (χ1n) is 7.43. The summed E-state index contributed by atoms with van der Waals surface area (Å²) in [5.74, 6) is 1.62. The number of amides is 1. The van der Waals surface area contributed by atoms with Gasteiger partial charge in [-0.05, 0) is 50.0 Å². The minimum Gasteiger partial charge on any atom is -0.497 e. The van der Waals surface area contributed by atoms with Crippen LogP contribution in [0.3, 0.4) is 0 Å². The molecule has 0 saturated carbocycles. The molecule has 5 nitrogen and oxygen atoms in total. The topological polar surface area (TPSA) is 59.6 Å². The van der Waals surface area contributed by atoms with Gasteiger partial charge in [0.15, 0.2) is 0 Å². The number of carbonyl (C=O) groups excluding carboxylic acids is 1. The highest BCUT2D eigenvalue weighted by atomic mass is 35.5. The zero-order chi connectivity index (χ0) is 15.1. The first-order valence-corrected chi connectivity index (χ1v) is 7.43. The summed E-state index contributed by atoms with van der Waals surface area (Å²) in [6, 6.07) is 6.04. The van der Waals surface area contributed by atoms with Crippen molar-refractivity contribution >= 4 is 18.3 Å². The minimum atomic E-state index is 0. The molecule has 1 aromatic carbocycles. The molecule has 0 spiro atoms. The van der Waals surface area contributed by atoms with Crippen LogP contribution in [0.15, 0.2) is 18.2 Å². The highest BCUT2D eigenvalue weighted by Crippen LogP contribution is 2.23. The Morgan fingerprint density at radius 2 is 1.77 bits per heavy atom. The lowest BCUT2D eigenvalue weighted by atomic mass is 10.1. The predicted molar refractivity (Wildman–Crippen MR) is 89.1 cm³/mol. The Morgan fingerprint density at radius 1 is 1.18 bits per heavy atom. The van der Waals surface area contributed by atoms with Crippen molar-refractivity contribution in [1.29, 1.82) is 0 Å². The average Bonchev–Trinajstić information content (AvgIpc) is 2.53. The fraction of sp³-hybridized carbons (Fsp3) is 0.562. The van der Waals surface area contributed by atoms with Crippen molar-refractivity contribution in [3.8, 4) is 11.5 Å². The van der Waals surface area contributed by atoms with Crippen LogP contribution in [0.2, 0.25) is 0 Å². The third kappa shape index (κ3) is 5.73. The van der Waals surface area contributed by atoms with Gasteiger partial charge in [-0.1, -0.05) is 0 Å². The number of methoxy groups -OCH3 is 2. The largest absolute Gasteiger partial charge is 0.497 e. The highest BCUT2D eigenvalue weighted by molar-refractivity contribution is 5.85. The molecule has 1 aromatic rings. The fourth-order valence-corrected chi connectivity index (χ4v) is 2.53. The summed E-state index contributed by atoms with van der Waals surface area (Å²) in [6.45, 7) is 1.97. The van der Waals surface area contributed by atoms with Crippen LogP contribution < -0.4 is 20.1 Å². The Labute approximate surface area is 138 Å². The van der Waals surface area contributed by atoms with Crippen molar-refractivity contribution in [3.05, 3.63) is 23.8 Å². The third-order valence-electron chi connectivity index (χ3n) is 3.76. The van der Waals surface area contributed by atoms with E-state index in [1.54, 1.807) is 14.2 Å². The molecule has 0 aliphatic carbocycles. The highest BCUT2D eigenvalue weighted by Gasteiger charge is 2.15. The van der Waals surface area contributed by atoms with E-state index in [1.165, 1.54) is 0 Å². The van der Waals surface area contributed by atoms with Gasteiger partial charge in [-0.25, -0.2) is 0 Å². The molecule has 6 heteroatoms. The van der Waals surface area contributed by atoms with E-state index in [1.807, 2.05) is 18.2 Å². The molecule has 1 heterocycles. The van der Waals surface area contributed by atoms with Crippen LogP contribution >= 0.6 is 12.4 Å². The lowest BCUT2D eigenvalue weighted by Crippen LogP contribution is -2.42. The summed E-state index contributed by atoms with van der Waals surface area (Å²) in [6.07, 6.45) is 3.20. The van der Waals surface area contributed by atoms with Gasteiger partial charge in [0, 0.05) is 18.5 Å². The van der Waals surface area contributed by atoms with E-state index in [-0.39, 0.29) is 18.3 Å². The van der Waals surface area contributed by atoms with E-state index in [0.29, 0.717) is 18.9 Å². The van der Waals surface area contributed by atoms with E-state index in [2.05, 4.69) is 10.6 Å². The molecule has 2 N–H and O–H groups in total. The number of aryl methyl sites for hydroxylation is 1. The Hall–Kier alpha value is -1.46. The fourth-order valence-electron chi connectivity index (χ4n) is 2.53. The van der Waals surface area contributed by atoms with Gasteiger partial charge in [-0.3, -0.25) is 4.79 Å². The van der Waals surface area contributed by atoms with Gasteiger partial charge in [-0.2, -0.15) is 0 Å². The first kappa shape index (κ1) is 18.6. The summed E-state index contributed by atoms with van der Waals surface area (Å²) in [7, 11) is 3.25. The molecule has 1 aliphatic heterocycles. The second-order valence-corrected chi connectivity index (χ2v) is 5.31. The third-order valence-corrected chi connectivity index (χ3v) is 3.76. The SMILES string of the molecule is COc1cc(CCC(=O)NC2CCNCC2)cc(OC)c1.Cl. The van der Waals surface area contributed by atoms with Gasteiger partial charge in [-0.15, -0.1) is 12.4 Å². The molecule has 0 radical (unpaired) electrons. The molecule has 124 valence electrons. The van der Waals surface area contributed by atoms with Gasteiger partial charge in [0.05, 0.1) is 14.2 Å². The number of hydrogen-bond donors (Lipinski definition) is 2. The van der Waals surface area contributed by atoms with Crippen LogP contribution in [0.1, 0.15) is 24.8 Å². The molecule has 1 aliphatic rings. The Bertz CT molecular complexity index is 454. The molecular weight excluding hydrogens is 304 g/mol. The molecule has 1 fully saturated rings. The standard InChI is InChI=1S/C16H24N2O3.ClH/c1-20-14-9-12(10-15(11-14)21-2)3-4-16(19)18-13-5-7-17-8-6-13;/h9-11,13,17H,3-8H2,1-2H3,(H,18,19);1H. The van der Waals surface area contributed by atoms with Crippen molar-refractivity contribution in [2.24, 2.45) is 0 Å². The second-order valence-electron chi connectivity index (χ2n) is 5.31. The number of halogens is 1. The van der Waals surface area contributed by atoms with Crippen LogP contribution in [-0.2, 0) is 11.2 Å². The van der Waals surface area contributed by atoms with Crippen LogP contribution in [0, 0.1) is 0 Å². The number of benzene rings is 1. The zero-order valence-corrected chi connectivity index (χ0v) is 14.0. The maximum absolute atomic E-state index is 12.0. The molecule has 22 heavy (non-hydrogen) atoms. The lowest BCUT2D eigenvalue weighted by molar-refractivity contribution is -0.121. The zero-order valence-electron chi connectivity index (χ0n) is 13.2. The molecule has 0 bridgehead atoms. The van der Waals surface area contributed by atoms with Crippen molar-refractivity contribution in [2.75, 3.05) is 27.3 Å². The van der Waals surface area contributed by atoms with Crippen LogP contribution in [0.25, 0.3) is 0 Å². The van der Waals surface area contributed by atoms with E-state index in [9.17, 15) is 4.79 Å². The number of hydrogen-bond acceptors (Lipinski definition) is 4. The van der Waals surface area contributed by atoms with Gasteiger partial charge >= 0.3 is 0 Å². The summed E-state index contributed by atoms with van der Waals surface area (Å²) in [4.78, 5) is 12.0. The predicted octanol–water partition coefficient (Wildman–Crippen LogP) is 1.93.